The number of carbonyl (C=O) groups is 1. The van der Waals surface area contributed by atoms with E-state index < -0.39 is 0 Å². The Hall–Kier alpha value is -2.17. The molecular formula is C15H17FN2O2. The van der Waals surface area contributed by atoms with E-state index in [2.05, 4.69) is 10.5 Å². The molecule has 0 bridgehead atoms. The lowest BCUT2D eigenvalue weighted by Gasteiger charge is -2.06. The summed E-state index contributed by atoms with van der Waals surface area (Å²) in [6, 6.07) is 4.45. The topological polar surface area (TPSA) is 55.1 Å². The van der Waals surface area contributed by atoms with Gasteiger partial charge in [-0.15, -0.1) is 0 Å². The fraction of sp³-hybridized carbons (Fsp3) is 0.333. The lowest BCUT2D eigenvalue weighted by molar-refractivity contribution is 0.102. The van der Waals surface area contributed by atoms with Crippen molar-refractivity contribution in [3.8, 4) is 0 Å². The van der Waals surface area contributed by atoms with E-state index in [1.807, 2.05) is 6.92 Å². The van der Waals surface area contributed by atoms with E-state index in [0.717, 1.165) is 6.42 Å². The molecule has 2 aromatic rings. The van der Waals surface area contributed by atoms with Gasteiger partial charge in [-0.25, -0.2) is 4.39 Å². The highest BCUT2D eigenvalue weighted by atomic mass is 19.1. The first-order valence-electron chi connectivity index (χ1n) is 6.55. The fourth-order valence-corrected chi connectivity index (χ4v) is 2.02. The third kappa shape index (κ3) is 2.87. The molecule has 1 aromatic carbocycles. The first kappa shape index (κ1) is 14.2. The van der Waals surface area contributed by atoms with Gasteiger partial charge in [0.05, 0.1) is 5.69 Å². The summed E-state index contributed by atoms with van der Waals surface area (Å²) in [5.41, 5.74) is 2.06. The van der Waals surface area contributed by atoms with Gasteiger partial charge in [-0.3, -0.25) is 4.79 Å². The average Bonchev–Trinajstić information content (AvgIpc) is 2.76. The minimum Gasteiger partial charge on any atom is -0.360 e. The van der Waals surface area contributed by atoms with Crippen molar-refractivity contribution in [3.63, 3.8) is 0 Å². The monoisotopic (exact) mass is 276 g/mol. The van der Waals surface area contributed by atoms with E-state index in [9.17, 15) is 9.18 Å². The van der Waals surface area contributed by atoms with Crippen molar-refractivity contribution in [2.75, 3.05) is 5.32 Å². The minimum absolute atomic E-state index is 0.279. The maximum Gasteiger partial charge on any atom is 0.261 e. The van der Waals surface area contributed by atoms with Gasteiger partial charge >= 0.3 is 0 Å². The Morgan fingerprint density at radius 1 is 1.40 bits per heavy atom. The SMILES string of the molecule is CCCc1onc(C)c1C(=O)Nc1ccc(F)c(C)c1. The highest BCUT2D eigenvalue weighted by Gasteiger charge is 2.20. The third-order valence-electron chi connectivity index (χ3n) is 3.05. The van der Waals surface area contributed by atoms with Crippen molar-refractivity contribution >= 4 is 11.6 Å². The molecule has 0 spiro atoms. The number of hydrogen-bond donors (Lipinski definition) is 1. The van der Waals surface area contributed by atoms with Gasteiger partial charge in [-0.05, 0) is 44.0 Å². The fourth-order valence-electron chi connectivity index (χ4n) is 2.02. The van der Waals surface area contributed by atoms with Gasteiger partial charge in [-0.2, -0.15) is 0 Å². The molecule has 0 fully saturated rings. The van der Waals surface area contributed by atoms with Crippen molar-refractivity contribution in [1.29, 1.82) is 0 Å². The summed E-state index contributed by atoms with van der Waals surface area (Å²) in [6.07, 6.45) is 1.52. The Kier molecular flexibility index (Phi) is 4.17. The molecular weight excluding hydrogens is 259 g/mol. The number of nitrogens with one attached hydrogen (secondary N) is 1. The molecule has 0 atom stereocenters. The molecule has 1 N–H and O–H groups in total. The first-order valence-corrected chi connectivity index (χ1v) is 6.55. The van der Waals surface area contributed by atoms with Gasteiger partial charge in [0.15, 0.2) is 0 Å². The number of nitrogens with zero attached hydrogens (tertiary/aromatic N) is 1. The number of aromatic nitrogens is 1. The maximum absolute atomic E-state index is 13.2. The van der Waals surface area contributed by atoms with Gasteiger partial charge in [0.1, 0.15) is 17.1 Å². The lowest BCUT2D eigenvalue weighted by Crippen LogP contribution is -2.14. The summed E-state index contributed by atoms with van der Waals surface area (Å²) in [6.45, 7) is 5.38. The molecule has 4 nitrogen and oxygen atoms in total. The largest absolute Gasteiger partial charge is 0.360 e. The third-order valence-corrected chi connectivity index (χ3v) is 3.05. The van der Waals surface area contributed by atoms with Crippen LogP contribution in [0.1, 0.15) is 40.7 Å². The van der Waals surface area contributed by atoms with Crippen molar-refractivity contribution in [2.45, 2.75) is 33.6 Å². The highest BCUT2D eigenvalue weighted by Crippen LogP contribution is 2.19. The van der Waals surface area contributed by atoms with Crippen LogP contribution in [0.25, 0.3) is 0 Å². The predicted molar refractivity (Wildman–Crippen MR) is 74.3 cm³/mol. The molecule has 5 heteroatoms. The number of anilines is 1. The van der Waals surface area contributed by atoms with Crippen LogP contribution >= 0.6 is 0 Å². The van der Waals surface area contributed by atoms with Crippen LogP contribution in [0, 0.1) is 19.7 Å². The molecule has 0 unspecified atom stereocenters. The summed E-state index contributed by atoms with van der Waals surface area (Å²) in [4.78, 5) is 12.3. The molecule has 1 amide bonds. The van der Waals surface area contributed by atoms with E-state index in [1.54, 1.807) is 19.9 Å². The van der Waals surface area contributed by atoms with E-state index >= 15 is 0 Å². The summed E-state index contributed by atoms with van der Waals surface area (Å²) in [7, 11) is 0. The van der Waals surface area contributed by atoms with Crippen LogP contribution in [0.2, 0.25) is 0 Å². The molecule has 1 aromatic heterocycles. The van der Waals surface area contributed by atoms with Crippen molar-refractivity contribution in [1.82, 2.24) is 5.16 Å². The Morgan fingerprint density at radius 3 is 2.80 bits per heavy atom. The van der Waals surface area contributed by atoms with Crippen LogP contribution in [0.3, 0.4) is 0 Å². The summed E-state index contributed by atoms with van der Waals surface area (Å²) in [5, 5.41) is 6.58. The molecule has 0 aliphatic rings. The van der Waals surface area contributed by atoms with E-state index in [4.69, 9.17) is 4.52 Å². The summed E-state index contributed by atoms with van der Waals surface area (Å²) >= 11 is 0. The zero-order chi connectivity index (χ0) is 14.7. The van der Waals surface area contributed by atoms with Crippen molar-refractivity contribution in [3.05, 3.63) is 46.6 Å². The molecule has 0 saturated carbocycles. The maximum atomic E-state index is 13.2. The number of amides is 1. The van der Waals surface area contributed by atoms with E-state index in [1.165, 1.54) is 12.1 Å². The lowest BCUT2D eigenvalue weighted by atomic mass is 10.1. The van der Waals surface area contributed by atoms with Gasteiger partial charge in [-0.1, -0.05) is 12.1 Å². The van der Waals surface area contributed by atoms with E-state index in [-0.39, 0.29) is 11.7 Å². The van der Waals surface area contributed by atoms with Crippen LogP contribution in [-0.2, 0) is 6.42 Å². The number of halogens is 1. The summed E-state index contributed by atoms with van der Waals surface area (Å²) in [5.74, 6) is 0.00960. The van der Waals surface area contributed by atoms with Gasteiger partial charge in [0.2, 0.25) is 0 Å². The van der Waals surface area contributed by atoms with Crippen LogP contribution in [0.5, 0.6) is 0 Å². The number of carbonyl (C=O) groups excluding carboxylic acids is 1. The Bertz CT molecular complexity index is 635. The molecule has 0 saturated heterocycles. The second kappa shape index (κ2) is 5.86. The average molecular weight is 276 g/mol. The smallest absolute Gasteiger partial charge is 0.261 e. The zero-order valence-corrected chi connectivity index (χ0v) is 11.8. The Morgan fingerprint density at radius 2 is 2.15 bits per heavy atom. The number of rotatable bonds is 4. The minimum atomic E-state index is -0.296. The van der Waals surface area contributed by atoms with Crippen LogP contribution < -0.4 is 5.32 Å². The summed E-state index contributed by atoms with van der Waals surface area (Å²) < 4.78 is 18.4. The first-order chi connectivity index (χ1) is 9.52. The van der Waals surface area contributed by atoms with Crippen LogP contribution in [0.4, 0.5) is 10.1 Å². The van der Waals surface area contributed by atoms with Crippen LogP contribution in [0.15, 0.2) is 22.7 Å². The van der Waals surface area contributed by atoms with Gasteiger partial charge in [0, 0.05) is 12.1 Å². The van der Waals surface area contributed by atoms with E-state index in [0.29, 0.717) is 34.7 Å². The molecule has 0 aliphatic carbocycles. The molecule has 106 valence electrons. The molecule has 0 aliphatic heterocycles. The van der Waals surface area contributed by atoms with Crippen LogP contribution in [-0.4, -0.2) is 11.1 Å². The predicted octanol–water partition coefficient (Wildman–Crippen LogP) is 3.64. The second-order valence-corrected chi connectivity index (χ2v) is 4.73. The highest BCUT2D eigenvalue weighted by molar-refractivity contribution is 6.05. The molecule has 0 radical (unpaired) electrons. The molecule has 20 heavy (non-hydrogen) atoms. The molecule has 1 heterocycles. The number of aryl methyl sites for hydroxylation is 3. The van der Waals surface area contributed by atoms with Gasteiger partial charge in [0.25, 0.3) is 5.91 Å². The Balaban J connectivity index is 2.23. The quantitative estimate of drug-likeness (QED) is 0.927. The number of hydrogen-bond acceptors (Lipinski definition) is 3. The Labute approximate surface area is 117 Å². The van der Waals surface area contributed by atoms with Crippen molar-refractivity contribution < 1.29 is 13.7 Å². The zero-order valence-electron chi connectivity index (χ0n) is 11.8. The molecule has 2 rings (SSSR count). The standard InChI is InChI=1S/C15H17FN2O2/c1-4-5-13-14(10(3)18-20-13)15(19)17-11-6-7-12(16)9(2)8-11/h6-8H,4-5H2,1-3H3,(H,17,19). The second-order valence-electron chi connectivity index (χ2n) is 4.73. The van der Waals surface area contributed by atoms with Gasteiger partial charge < -0.3 is 9.84 Å². The number of benzene rings is 1. The van der Waals surface area contributed by atoms with Crippen molar-refractivity contribution in [2.24, 2.45) is 0 Å². The normalized spacial score (nSPS) is 10.6.